The summed E-state index contributed by atoms with van der Waals surface area (Å²) in [7, 11) is 1.57. The number of ether oxygens (including phenoxy) is 2. The Morgan fingerprint density at radius 3 is 2.31 bits per heavy atom. The molecule has 0 radical (unpaired) electrons. The zero-order valence-electron chi connectivity index (χ0n) is 17.2. The van der Waals surface area contributed by atoms with E-state index >= 15 is 0 Å². The fraction of sp³-hybridized carbons (Fsp3) is 0.391. The van der Waals surface area contributed by atoms with E-state index in [0.717, 1.165) is 12.8 Å². The number of amides is 2. The third kappa shape index (κ3) is 5.28. The predicted octanol–water partition coefficient (Wildman–Crippen LogP) is 3.52. The summed E-state index contributed by atoms with van der Waals surface area (Å²) in [6, 6.07) is 14.5. The van der Waals surface area contributed by atoms with Crippen LogP contribution in [0.15, 0.2) is 48.5 Å². The van der Waals surface area contributed by atoms with E-state index in [2.05, 4.69) is 5.32 Å². The maximum atomic E-state index is 12.9. The van der Waals surface area contributed by atoms with Crippen molar-refractivity contribution in [3.63, 3.8) is 0 Å². The summed E-state index contributed by atoms with van der Waals surface area (Å²) < 4.78 is 11.1. The van der Waals surface area contributed by atoms with Gasteiger partial charge in [-0.3, -0.25) is 9.59 Å². The smallest absolute Gasteiger partial charge is 0.253 e. The lowest BCUT2D eigenvalue weighted by Gasteiger charge is -2.32. The van der Waals surface area contributed by atoms with Gasteiger partial charge in [0, 0.05) is 30.3 Å². The molecule has 0 unspecified atom stereocenters. The molecule has 1 aliphatic rings. The molecule has 29 heavy (non-hydrogen) atoms. The second-order valence-electron chi connectivity index (χ2n) is 7.44. The Labute approximate surface area is 171 Å². The van der Waals surface area contributed by atoms with Gasteiger partial charge in [0.2, 0.25) is 0 Å². The second-order valence-corrected chi connectivity index (χ2v) is 7.44. The van der Waals surface area contributed by atoms with Crippen molar-refractivity contribution in [2.24, 2.45) is 0 Å². The van der Waals surface area contributed by atoms with Gasteiger partial charge in [-0.2, -0.15) is 0 Å². The number of carbonyl (C=O) groups is 2. The number of hydrogen-bond donors (Lipinski definition) is 1. The van der Waals surface area contributed by atoms with Crippen LogP contribution in [0.25, 0.3) is 0 Å². The minimum Gasteiger partial charge on any atom is -0.493 e. The molecule has 0 aromatic heterocycles. The molecule has 1 fully saturated rings. The van der Waals surface area contributed by atoms with Crippen molar-refractivity contribution in [3.05, 3.63) is 59.7 Å². The topological polar surface area (TPSA) is 67.9 Å². The van der Waals surface area contributed by atoms with Crippen LogP contribution in [0.3, 0.4) is 0 Å². The molecule has 1 aliphatic heterocycles. The molecule has 6 nitrogen and oxygen atoms in total. The minimum atomic E-state index is -0.0687. The molecule has 0 atom stereocenters. The molecule has 0 bridgehead atoms. The maximum Gasteiger partial charge on any atom is 0.253 e. The molecule has 3 rings (SSSR count). The predicted molar refractivity (Wildman–Crippen MR) is 112 cm³/mol. The van der Waals surface area contributed by atoms with Gasteiger partial charge in [-0.1, -0.05) is 18.2 Å². The average Bonchev–Trinajstić information content (AvgIpc) is 2.74. The largest absolute Gasteiger partial charge is 0.493 e. The van der Waals surface area contributed by atoms with Gasteiger partial charge in [0.15, 0.2) is 11.5 Å². The normalized spacial score (nSPS) is 14.6. The lowest BCUT2D eigenvalue weighted by molar-refractivity contribution is 0.0697. The zero-order chi connectivity index (χ0) is 20.8. The molecule has 2 amide bonds. The number of likely N-dealkylation sites (tertiary alicyclic amines) is 1. The van der Waals surface area contributed by atoms with E-state index in [1.165, 1.54) is 0 Å². The van der Waals surface area contributed by atoms with Crippen LogP contribution in [0.4, 0.5) is 0 Å². The fourth-order valence-electron chi connectivity index (χ4n) is 3.42. The molecule has 0 aliphatic carbocycles. The first kappa shape index (κ1) is 20.7. The number of nitrogens with one attached hydrogen (secondary N) is 1. The Hall–Kier alpha value is -3.02. The van der Waals surface area contributed by atoms with E-state index in [1.54, 1.807) is 37.4 Å². The Morgan fingerprint density at radius 1 is 1.00 bits per heavy atom. The Bertz CT molecular complexity index is 843. The number of hydrogen-bond acceptors (Lipinski definition) is 4. The van der Waals surface area contributed by atoms with Crippen molar-refractivity contribution in [2.45, 2.75) is 38.8 Å². The molecule has 6 heteroatoms. The van der Waals surface area contributed by atoms with Gasteiger partial charge < -0.3 is 19.7 Å². The van der Waals surface area contributed by atoms with Crippen LogP contribution in [0.5, 0.6) is 11.5 Å². The first-order chi connectivity index (χ1) is 14.0. The van der Waals surface area contributed by atoms with E-state index in [1.807, 2.05) is 36.9 Å². The summed E-state index contributed by atoms with van der Waals surface area (Å²) in [6.07, 6.45) is 1.49. The second kappa shape index (κ2) is 9.45. The highest BCUT2D eigenvalue weighted by Crippen LogP contribution is 2.29. The van der Waals surface area contributed by atoms with Crippen LogP contribution in [0.1, 0.15) is 47.4 Å². The van der Waals surface area contributed by atoms with Gasteiger partial charge >= 0.3 is 0 Å². The highest BCUT2D eigenvalue weighted by Gasteiger charge is 2.25. The van der Waals surface area contributed by atoms with E-state index < -0.39 is 0 Å². The Morgan fingerprint density at radius 2 is 1.69 bits per heavy atom. The summed E-state index contributed by atoms with van der Waals surface area (Å²) >= 11 is 0. The van der Waals surface area contributed by atoms with Crippen LogP contribution < -0.4 is 14.8 Å². The number of methoxy groups -OCH3 is 1. The molecular weight excluding hydrogens is 368 g/mol. The SMILES string of the molecule is COc1cc(C(=O)N2CCC(NC(=O)c3ccccc3)CC2)ccc1OC(C)C. The maximum absolute atomic E-state index is 12.9. The van der Waals surface area contributed by atoms with Crippen LogP contribution in [0.2, 0.25) is 0 Å². The first-order valence-corrected chi connectivity index (χ1v) is 9.98. The van der Waals surface area contributed by atoms with E-state index in [9.17, 15) is 9.59 Å². The van der Waals surface area contributed by atoms with Gasteiger partial charge in [-0.05, 0) is 57.0 Å². The quantitative estimate of drug-likeness (QED) is 0.811. The molecule has 2 aromatic rings. The van der Waals surface area contributed by atoms with Crippen molar-refractivity contribution in [2.75, 3.05) is 20.2 Å². The van der Waals surface area contributed by atoms with E-state index in [-0.39, 0.29) is 24.0 Å². The third-order valence-electron chi connectivity index (χ3n) is 4.93. The minimum absolute atomic E-state index is 0.0237. The van der Waals surface area contributed by atoms with Crippen LogP contribution >= 0.6 is 0 Å². The van der Waals surface area contributed by atoms with Gasteiger partial charge in [-0.25, -0.2) is 0 Å². The Balaban J connectivity index is 1.58. The van der Waals surface area contributed by atoms with Gasteiger partial charge in [0.1, 0.15) is 0 Å². The van der Waals surface area contributed by atoms with Crippen molar-refractivity contribution in [3.8, 4) is 11.5 Å². The number of nitrogens with zero attached hydrogens (tertiary/aromatic N) is 1. The van der Waals surface area contributed by atoms with Crippen molar-refractivity contribution in [1.82, 2.24) is 10.2 Å². The summed E-state index contributed by atoms with van der Waals surface area (Å²) in [5.41, 5.74) is 1.23. The molecule has 0 spiro atoms. The molecule has 154 valence electrons. The van der Waals surface area contributed by atoms with E-state index in [0.29, 0.717) is 35.7 Å². The number of rotatable bonds is 6. The number of benzene rings is 2. The Kier molecular flexibility index (Phi) is 6.75. The van der Waals surface area contributed by atoms with Crippen molar-refractivity contribution < 1.29 is 19.1 Å². The summed E-state index contributed by atoms with van der Waals surface area (Å²) in [4.78, 5) is 27.0. The van der Waals surface area contributed by atoms with E-state index in [4.69, 9.17) is 9.47 Å². The molecule has 1 N–H and O–H groups in total. The van der Waals surface area contributed by atoms with Gasteiger partial charge in [-0.15, -0.1) is 0 Å². The van der Waals surface area contributed by atoms with Crippen LogP contribution in [-0.4, -0.2) is 49.1 Å². The molecular formula is C23H28N2O4. The highest BCUT2D eigenvalue weighted by atomic mass is 16.5. The highest BCUT2D eigenvalue weighted by molar-refractivity contribution is 5.95. The molecule has 1 saturated heterocycles. The van der Waals surface area contributed by atoms with Gasteiger partial charge in [0.05, 0.1) is 13.2 Å². The van der Waals surface area contributed by atoms with Crippen LogP contribution in [-0.2, 0) is 0 Å². The lowest BCUT2D eigenvalue weighted by atomic mass is 10.0. The summed E-state index contributed by atoms with van der Waals surface area (Å²) in [5.74, 6) is 1.07. The third-order valence-corrected chi connectivity index (χ3v) is 4.93. The fourth-order valence-corrected chi connectivity index (χ4v) is 3.42. The van der Waals surface area contributed by atoms with Crippen molar-refractivity contribution in [1.29, 1.82) is 0 Å². The molecule has 0 saturated carbocycles. The van der Waals surface area contributed by atoms with Crippen molar-refractivity contribution >= 4 is 11.8 Å². The monoisotopic (exact) mass is 396 g/mol. The zero-order valence-corrected chi connectivity index (χ0v) is 17.2. The number of carbonyl (C=O) groups excluding carboxylic acids is 2. The van der Waals surface area contributed by atoms with Gasteiger partial charge in [0.25, 0.3) is 11.8 Å². The summed E-state index contributed by atoms with van der Waals surface area (Å²) in [6.45, 7) is 5.09. The standard InChI is InChI=1S/C23H28N2O4/c1-16(2)29-20-10-9-18(15-21(20)28-3)23(27)25-13-11-19(12-14-25)24-22(26)17-7-5-4-6-8-17/h4-10,15-16,19H,11-14H2,1-3H3,(H,24,26). The van der Waals surface area contributed by atoms with Crippen LogP contribution in [0, 0.1) is 0 Å². The molecule has 1 heterocycles. The lowest BCUT2D eigenvalue weighted by Crippen LogP contribution is -2.46. The molecule has 2 aromatic carbocycles. The summed E-state index contributed by atoms with van der Waals surface area (Å²) in [5, 5.41) is 3.06. The average molecular weight is 396 g/mol. The first-order valence-electron chi connectivity index (χ1n) is 9.98. The number of piperidine rings is 1.